The van der Waals surface area contributed by atoms with Crippen LogP contribution in [0.2, 0.25) is 0 Å². The highest BCUT2D eigenvalue weighted by Crippen LogP contribution is 2.01. The van der Waals surface area contributed by atoms with Crippen LogP contribution >= 0.6 is 0 Å². The van der Waals surface area contributed by atoms with Gasteiger partial charge in [0.15, 0.2) is 0 Å². The fourth-order valence-electron chi connectivity index (χ4n) is 0.464. The van der Waals surface area contributed by atoms with Crippen LogP contribution in [0, 0.1) is 6.42 Å². The van der Waals surface area contributed by atoms with Crippen molar-refractivity contribution in [2.75, 3.05) is 13.7 Å². The van der Waals surface area contributed by atoms with Crippen LogP contribution in [0.4, 0.5) is 0 Å². The normalized spacial score (nSPS) is 18.1. The van der Waals surface area contributed by atoms with Crippen LogP contribution < -0.4 is 5.32 Å². The Bertz CT molecular complexity index is 88.1. The minimum Gasteiger partial charge on any atom is -0.499 e. The first-order valence-corrected chi connectivity index (χ1v) is 2.15. The van der Waals surface area contributed by atoms with E-state index in [1.54, 1.807) is 13.3 Å². The van der Waals surface area contributed by atoms with Crippen molar-refractivity contribution in [2.45, 2.75) is 0 Å². The van der Waals surface area contributed by atoms with Crippen molar-refractivity contribution in [3.05, 3.63) is 18.4 Å². The highest BCUT2D eigenvalue weighted by atomic mass is 16.5. The fourth-order valence-corrected chi connectivity index (χ4v) is 0.464. The molecule has 1 aliphatic heterocycles. The van der Waals surface area contributed by atoms with E-state index in [-0.39, 0.29) is 0 Å². The van der Waals surface area contributed by atoms with Crippen molar-refractivity contribution in [2.24, 2.45) is 0 Å². The number of hydrogen-bond donors (Lipinski definition) is 1. The Hall–Kier alpha value is -0.660. The maximum atomic E-state index is 4.80. The Morgan fingerprint density at radius 3 is 3.14 bits per heavy atom. The van der Waals surface area contributed by atoms with E-state index < -0.39 is 0 Å². The summed E-state index contributed by atoms with van der Waals surface area (Å²) in [7, 11) is 1.63. The summed E-state index contributed by atoms with van der Waals surface area (Å²) in [6.07, 6.45) is 4.73. The summed E-state index contributed by atoms with van der Waals surface area (Å²) in [4.78, 5) is 0. The minimum absolute atomic E-state index is 0.781. The Balaban J connectivity index is 2.36. The van der Waals surface area contributed by atoms with E-state index in [2.05, 4.69) is 11.7 Å². The number of nitrogens with one attached hydrogen (secondary N) is 1. The summed E-state index contributed by atoms with van der Waals surface area (Å²) >= 11 is 0. The molecule has 0 atom stereocenters. The van der Waals surface area contributed by atoms with E-state index in [4.69, 9.17) is 4.74 Å². The lowest BCUT2D eigenvalue weighted by molar-refractivity contribution is 0.301. The van der Waals surface area contributed by atoms with Crippen LogP contribution in [0.3, 0.4) is 0 Å². The van der Waals surface area contributed by atoms with E-state index in [0.29, 0.717) is 0 Å². The molecule has 2 heteroatoms. The summed E-state index contributed by atoms with van der Waals surface area (Å²) < 4.78 is 4.80. The molecule has 0 bridgehead atoms. The van der Waals surface area contributed by atoms with Crippen molar-refractivity contribution in [1.82, 2.24) is 5.32 Å². The van der Waals surface area contributed by atoms with Gasteiger partial charge in [-0.2, -0.15) is 0 Å². The zero-order chi connectivity index (χ0) is 5.11. The van der Waals surface area contributed by atoms with Gasteiger partial charge in [-0.25, -0.2) is 0 Å². The molecular weight excluding hydrogens is 90.1 g/mol. The van der Waals surface area contributed by atoms with Crippen LogP contribution in [-0.2, 0) is 4.74 Å². The first-order valence-electron chi connectivity index (χ1n) is 2.15. The van der Waals surface area contributed by atoms with Gasteiger partial charge in [0.25, 0.3) is 0 Å². The summed E-state index contributed by atoms with van der Waals surface area (Å²) in [6, 6.07) is 0. The SMILES string of the molecule is COC1=CNC[C]1. The van der Waals surface area contributed by atoms with E-state index in [9.17, 15) is 0 Å². The van der Waals surface area contributed by atoms with Crippen molar-refractivity contribution < 1.29 is 4.74 Å². The molecule has 1 heterocycles. The molecule has 0 saturated carbocycles. The van der Waals surface area contributed by atoms with Crippen molar-refractivity contribution >= 4 is 0 Å². The van der Waals surface area contributed by atoms with Gasteiger partial charge in [-0.15, -0.1) is 0 Å². The molecule has 0 unspecified atom stereocenters. The van der Waals surface area contributed by atoms with Crippen molar-refractivity contribution in [3.8, 4) is 0 Å². The molecule has 0 fully saturated rings. The topological polar surface area (TPSA) is 21.3 Å². The van der Waals surface area contributed by atoms with Gasteiger partial charge in [0.1, 0.15) is 5.76 Å². The van der Waals surface area contributed by atoms with Gasteiger partial charge in [0, 0.05) is 12.7 Å². The largest absolute Gasteiger partial charge is 0.499 e. The fraction of sp³-hybridized carbons (Fsp3) is 0.400. The monoisotopic (exact) mass is 97.1 g/mol. The average Bonchev–Trinajstić information content (AvgIpc) is 2.14. The summed E-state index contributed by atoms with van der Waals surface area (Å²) in [5, 5.41) is 2.93. The summed E-state index contributed by atoms with van der Waals surface area (Å²) in [5.74, 6) is 0.806. The van der Waals surface area contributed by atoms with Crippen LogP contribution in [-0.4, -0.2) is 13.7 Å². The van der Waals surface area contributed by atoms with E-state index in [0.717, 1.165) is 12.3 Å². The molecule has 0 aromatic heterocycles. The Morgan fingerprint density at radius 2 is 2.86 bits per heavy atom. The third-order valence-electron chi connectivity index (χ3n) is 0.818. The van der Waals surface area contributed by atoms with E-state index in [1.807, 2.05) is 0 Å². The van der Waals surface area contributed by atoms with Crippen LogP contribution in [0.5, 0.6) is 0 Å². The molecule has 0 saturated heterocycles. The van der Waals surface area contributed by atoms with Crippen LogP contribution in [0.15, 0.2) is 12.0 Å². The standard InChI is InChI=1S/C5H7NO/c1-7-5-2-3-6-4-5/h4,6H,3H2,1H3. The molecular formula is C5H7NO. The van der Waals surface area contributed by atoms with Gasteiger partial charge in [0.2, 0.25) is 0 Å². The highest BCUT2D eigenvalue weighted by molar-refractivity contribution is 5.11. The molecule has 7 heavy (non-hydrogen) atoms. The highest BCUT2D eigenvalue weighted by Gasteiger charge is 2.01. The predicted molar refractivity (Wildman–Crippen MR) is 26.3 cm³/mol. The molecule has 2 nitrogen and oxygen atoms in total. The second-order valence-corrected chi connectivity index (χ2v) is 1.27. The lowest BCUT2D eigenvalue weighted by Gasteiger charge is -1.91. The van der Waals surface area contributed by atoms with Crippen molar-refractivity contribution in [3.63, 3.8) is 0 Å². The zero-order valence-corrected chi connectivity index (χ0v) is 4.19. The van der Waals surface area contributed by atoms with Gasteiger partial charge >= 0.3 is 0 Å². The molecule has 1 N–H and O–H groups in total. The molecule has 0 amide bonds. The maximum Gasteiger partial charge on any atom is 0.121 e. The Labute approximate surface area is 43.2 Å². The van der Waals surface area contributed by atoms with Gasteiger partial charge in [-0.1, -0.05) is 0 Å². The van der Waals surface area contributed by atoms with Crippen LogP contribution in [0.1, 0.15) is 0 Å². The molecule has 1 aliphatic rings. The van der Waals surface area contributed by atoms with E-state index >= 15 is 0 Å². The predicted octanol–water partition coefficient (Wildman–Crippen LogP) is 0.159. The zero-order valence-electron chi connectivity index (χ0n) is 4.19. The van der Waals surface area contributed by atoms with Gasteiger partial charge in [-0.05, 0) is 0 Å². The van der Waals surface area contributed by atoms with Gasteiger partial charge in [0.05, 0.1) is 13.5 Å². The van der Waals surface area contributed by atoms with Crippen molar-refractivity contribution in [1.29, 1.82) is 0 Å². The lowest BCUT2D eigenvalue weighted by Crippen LogP contribution is -1.97. The first-order chi connectivity index (χ1) is 3.43. The number of hydrogen-bond acceptors (Lipinski definition) is 2. The Morgan fingerprint density at radius 1 is 2.00 bits per heavy atom. The smallest absolute Gasteiger partial charge is 0.121 e. The summed E-state index contributed by atoms with van der Waals surface area (Å²) in [6.45, 7) is 0.781. The lowest BCUT2D eigenvalue weighted by atomic mass is 10.4. The molecule has 38 valence electrons. The Kier molecular flexibility index (Phi) is 1.20. The molecule has 0 aromatic carbocycles. The molecule has 0 aliphatic carbocycles. The number of rotatable bonds is 1. The second-order valence-electron chi connectivity index (χ2n) is 1.27. The van der Waals surface area contributed by atoms with Gasteiger partial charge in [-0.3, -0.25) is 0 Å². The van der Waals surface area contributed by atoms with E-state index in [1.165, 1.54) is 0 Å². The minimum atomic E-state index is 0.781. The second kappa shape index (κ2) is 1.87. The molecule has 2 radical (unpaired) electrons. The first kappa shape index (κ1) is 4.50. The maximum absolute atomic E-state index is 4.80. The quantitative estimate of drug-likeness (QED) is 0.503. The number of ether oxygens (including phenoxy) is 1. The number of methoxy groups -OCH3 is 1. The molecule has 1 rings (SSSR count). The average molecular weight is 97.1 g/mol. The molecule has 0 aromatic rings. The molecule has 0 spiro atoms. The third-order valence-corrected chi connectivity index (χ3v) is 0.818. The third kappa shape index (κ3) is 0.856. The van der Waals surface area contributed by atoms with Crippen LogP contribution in [0.25, 0.3) is 0 Å². The van der Waals surface area contributed by atoms with Gasteiger partial charge < -0.3 is 10.1 Å². The summed E-state index contributed by atoms with van der Waals surface area (Å²) in [5.41, 5.74) is 0.